The zero-order chi connectivity index (χ0) is 17.1. The molecular formula is C20H32N2O. The molecule has 1 atom stereocenters. The molecule has 0 aliphatic carbocycles. The third-order valence-electron chi connectivity index (χ3n) is 3.98. The topological polar surface area (TPSA) is 41.5 Å². The van der Waals surface area contributed by atoms with Crippen LogP contribution in [0.25, 0.3) is 0 Å². The van der Waals surface area contributed by atoms with Crippen molar-refractivity contribution in [1.29, 1.82) is 0 Å². The standard InChI is InChI=1S/C20H32N2O/c1-5-6-7-8-13-21-15-19(22-16-23)14-17-9-11-18(12-10-17)20(2,3)4/h9-12,15-16,19H,5-8,13-14H2,1-4H3,(H,22,23). The lowest BCUT2D eigenvalue weighted by molar-refractivity contribution is -0.109. The summed E-state index contributed by atoms with van der Waals surface area (Å²) in [6.45, 7) is 9.69. The molecule has 1 N–H and O–H groups in total. The molecule has 0 aliphatic heterocycles. The summed E-state index contributed by atoms with van der Waals surface area (Å²) in [5.41, 5.74) is 2.71. The van der Waals surface area contributed by atoms with Gasteiger partial charge in [0.2, 0.25) is 6.41 Å². The van der Waals surface area contributed by atoms with E-state index < -0.39 is 0 Å². The van der Waals surface area contributed by atoms with Crippen molar-refractivity contribution in [3.05, 3.63) is 35.4 Å². The van der Waals surface area contributed by atoms with Gasteiger partial charge in [-0.25, -0.2) is 0 Å². The largest absolute Gasteiger partial charge is 0.351 e. The molecule has 23 heavy (non-hydrogen) atoms. The molecule has 0 spiro atoms. The molecule has 0 bridgehead atoms. The number of aliphatic imine (C=N–C) groups is 1. The first kappa shape index (κ1) is 19.4. The van der Waals surface area contributed by atoms with Crippen LogP contribution in [0.5, 0.6) is 0 Å². The van der Waals surface area contributed by atoms with Crippen molar-refractivity contribution in [3.8, 4) is 0 Å². The van der Waals surface area contributed by atoms with Crippen LogP contribution >= 0.6 is 0 Å². The molecule has 0 fully saturated rings. The van der Waals surface area contributed by atoms with E-state index in [4.69, 9.17) is 0 Å². The van der Waals surface area contributed by atoms with E-state index in [1.807, 2.05) is 6.21 Å². The maximum absolute atomic E-state index is 10.8. The van der Waals surface area contributed by atoms with E-state index in [0.717, 1.165) is 25.8 Å². The van der Waals surface area contributed by atoms with Gasteiger partial charge < -0.3 is 5.32 Å². The third-order valence-corrected chi connectivity index (χ3v) is 3.98. The van der Waals surface area contributed by atoms with Crippen molar-refractivity contribution in [2.75, 3.05) is 6.54 Å². The first-order valence-corrected chi connectivity index (χ1v) is 8.76. The van der Waals surface area contributed by atoms with Crippen LogP contribution in [-0.2, 0) is 16.6 Å². The molecule has 0 aromatic heterocycles. The van der Waals surface area contributed by atoms with Gasteiger partial charge in [-0.1, -0.05) is 71.2 Å². The number of nitrogens with zero attached hydrogens (tertiary/aromatic N) is 1. The highest BCUT2D eigenvalue weighted by molar-refractivity contribution is 5.69. The number of amides is 1. The Balaban J connectivity index is 2.54. The van der Waals surface area contributed by atoms with Gasteiger partial charge in [0.15, 0.2) is 0 Å². The number of hydrogen-bond donors (Lipinski definition) is 1. The Bertz CT molecular complexity index is 471. The van der Waals surface area contributed by atoms with Crippen molar-refractivity contribution in [2.45, 2.75) is 71.3 Å². The number of benzene rings is 1. The fraction of sp³-hybridized carbons (Fsp3) is 0.600. The summed E-state index contributed by atoms with van der Waals surface area (Å²) >= 11 is 0. The lowest BCUT2D eigenvalue weighted by atomic mass is 9.86. The molecule has 0 aliphatic rings. The minimum absolute atomic E-state index is 0.0286. The zero-order valence-corrected chi connectivity index (χ0v) is 15.1. The molecule has 0 radical (unpaired) electrons. The van der Waals surface area contributed by atoms with Crippen LogP contribution in [0.2, 0.25) is 0 Å². The predicted molar refractivity (Wildman–Crippen MR) is 99.3 cm³/mol. The Morgan fingerprint density at radius 1 is 1.13 bits per heavy atom. The molecule has 3 heteroatoms. The Labute approximate surface area is 141 Å². The fourth-order valence-corrected chi connectivity index (χ4v) is 2.47. The lowest BCUT2D eigenvalue weighted by Crippen LogP contribution is -2.31. The van der Waals surface area contributed by atoms with Crippen molar-refractivity contribution in [1.82, 2.24) is 5.32 Å². The minimum atomic E-state index is -0.0286. The van der Waals surface area contributed by atoms with Gasteiger partial charge in [-0.05, 0) is 29.4 Å². The van der Waals surface area contributed by atoms with E-state index in [9.17, 15) is 4.79 Å². The van der Waals surface area contributed by atoms with Crippen molar-refractivity contribution >= 4 is 12.6 Å². The van der Waals surface area contributed by atoms with Crippen LogP contribution in [0.4, 0.5) is 0 Å². The van der Waals surface area contributed by atoms with Crippen LogP contribution in [-0.4, -0.2) is 25.2 Å². The first-order valence-electron chi connectivity index (χ1n) is 8.76. The number of hydrogen-bond acceptors (Lipinski definition) is 2. The van der Waals surface area contributed by atoms with Gasteiger partial charge in [-0.15, -0.1) is 0 Å². The minimum Gasteiger partial charge on any atom is -0.351 e. The van der Waals surface area contributed by atoms with Gasteiger partial charge in [0.25, 0.3) is 0 Å². The second-order valence-electron chi connectivity index (χ2n) is 7.16. The number of carbonyl (C=O) groups is 1. The molecular weight excluding hydrogens is 284 g/mol. The second-order valence-corrected chi connectivity index (χ2v) is 7.16. The molecule has 1 unspecified atom stereocenters. The average molecular weight is 316 g/mol. The smallest absolute Gasteiger partial charge is 0.207 e. The summed E-state index contributed by atoms with van der Waals surface area (Å²) in [6, 6.07) is 8.62. The van der Waals surface area contributed by atoms with Gasteiger partial charge in [0.05, 0.1) is 6.04 Å². The van der Waals surface area contributed by atoms with Crippen LogP contribution in [0.1, 0.15) is 64.5 Å². The van der Waals surface area contributed by atoms with E-state index in [0.29, 0.717) is 0 Å². The van der Waals surface area contributed by atoms with Gasteiger partial charge in [-0.2, -0.15) is 0 Å². The maximum atomic E-state index is 10.8. The van der Waals surface area contributed by atoms with Gasteiger partial charge >= 0.3 is 0 Å². The Kier molecular flexibility index (Phi) is 8.60. The molecule has 1 rings (SSSR count). The molecule has 128 valence electrons. The monoisotopic (exact) mass is 316 g/mol. The molecule has 3 nitrogen and oxygen atoms in total. The lowest BCUT2D eigenvalue weighted by Gasteiger charge is -2.19. The summed E-state index contributed by atoms with van der Waals surface area (Å²) in [6.07, 6.45) is 8.29. The van der Waals surface area contributed by atoms with E-state index in [1.54, 1.807) is 0 Å². The highest BCUT2D eigenvalue weighted by atomic mass is 16.1. The van der Waals surface area contributed by atoms with Crippen molar-refractivity contribution in [2.24, 2.45) is 4.99 Å². The predicted octanol–water partition coefficient (Wildman–Crippen LogP) is 4.29. The molecule has 0 heterocycles. The third kappa shape index (κ3) is 7.96. The van der Waals surface area contributed by atoms with Crippen LogP contribution in [0, 0.1) is 0 Å². The summed E-state index contributed by atoms with van der Waals surface area (Å²) in [5.74, 6) is 0. The average Bonchev–Trinajstić information content (AvgIpc) is 2.50. The van der Waals surface area contributed by atoms with E-state index in [-0.39, 0.29) is 11.5 Å². The Hall–Kier alpha value is -1.64. The van der Waals surface area contributed by atoms with Gasteiger partial charge in [0, 0.05) is 12.8 Å². The van der Waals surface area contributed by atoms with Crippen molar-refractivity contribution < 1.29 is 4.79 Å². The quantitative estimate of drug-likeness (QED) is 0.390. The highest BCUT2D eigenvalue weighted by Crippen LogP contribution is 2.22. The van der Waals surface area contributed by atoms with Gasteiger partial charge in [-0.3, -0.25) is 9.79 Å². The SMILES string of the molecule is CCCCCCN=CC(Cc1ccc(C(C)(C)C)cc1)NC=O. The Morgan fingerprint density at radius 3 is 2.39 bits per heavy atom. The molecule has 0 saturated carbocycles. The van der Waals surface area contributed by atoms with E-state index in [2.05, 4.69) is 62.3 Å². The number of carbonyl (C=O) groups excluding carboxylic acids is 1. The van der Waals surface area contributed by atoms with Crippen molar-refractivity contribution in [3.63, 3.8) is 0 Å². The highest BCUT2D eigenvalue weighted by Gasteiger charge is 2.13. The fourth-order valence-electron chi connectivity index (χ4n) is 2.47. The Morgan fingerprint density at radius 2 is 1.83 bits per heavy atom. The number of rotatable bonds is 10. The summed E-state index contributed by atoms with van der Waals surface area (Å²) in [4.78, 5) is 15.3. The molecule has 1 aromatic rings. The summed E-state index contributed by atoms with van der Waals surface area (Å²) < 4.78 is 0. The molecule has 1 amide bonds. The number of nitrogens with one attached hydrogen (secondary N) is 1. The van der Waals surface area contributed by atoms with Crippen LogP contribution in [0.15, 0.2) is 29.3 Å². The van der Waals surface area contributed by atoms with E-state index >= 15 is 0 Å². The van der Waals surface area contributed by atoms with Crippen LogP contribution in [0.3, 0.4) is 0 Å². The maximum Gasteiger partial charge on any atom is 0.207 e. The van der Waals surface area contributed by atoms with E-state index in [1.165, 1.54) is 30.4 Å². The zero-order valence-electron chi connectivity index (χ0n) is 15.1. The summed E-state index contributed by atoms with van der Waals surface area (Å²) in [7, 11) is 0. The van der Waals surface area contributed by atoms with Gasteiger partial charge in [0.1, 0.15) is 0 Å². The number of unbranched alkanes of at least 4 members (excludes halogenated alkanes) is 3. The first-order chi connectivity index (χ1) is 11.0. The van der Waals surface area contributed by atoms with Crippen LogP contribution < -0.4 is 5.32 Å². The molecule has 0 saturated heterocycles. The molecule has 1 aromatic carbocycles. The summed E-state index contributed by atoms with van der Waals surface area (Å²) in [5, 5.41) is 2.85. The second kappa shape index (κ2) is 10.2. The normalized spacial score (nSPS) is 13.2.